The van der Waals surface area contributed by atoms with Gasteiger partial charge in [0.2, 0.25) is 11.8 Å². The minimum atomic E-state index is -4.51. The number of amidine groups is 1. The molecule has 0 radical (unpaired) electrons. The molecule has 0 aliphatic carbocycles. The predicted molar refractivity (Wildman–Crippen MR) is 113 cm³/mol. The molecule has 1 saturated heterocycles. The Balaban J connectivity index is 1.71. The minimum absolute atomic E-state index is 0.0182. The molecule has 6 nitrogen and oxygen atoms in total. The number of halogens is 3. The van der Waals surface area contributed by atoms with E-state index in [-0.39, 0.29) is 24.6 Å². The number of carbonyl (C=O) groups excluding carboxylic acids is 2. The number of alkyl halides is 3. The van der Waals surface area contributed by atoms with Crippen LogP contribution in [0.4, 0.5) is 24.5 Å². The summed E-state index contributed by atoms with van der Waals surface area (Å²) in [6, 6.07) is 13.4. The van der Waals surface area contributed by atoms with Crippen LogP contribution in [0.25, 0.3) is 0 Å². The molecule has 31 heavy (non-hydrogen) atoms. The Hall–Kier alpha value is -2.85. The predicted octanol–water partition coefficient (Wildman–Crippen LogP) is 4.31. The van der Waals surface area contributed by atoms with Gasteiger partial charge in [0.1, 0.15) is 5.25 Å². The Kier molecular flexibility index (Phi) is 7.34. The van der Waals surface area contributed by atoms with Crippen molar-refractivity contribution in [3.05, 3.63) is 60.2 Å². The number of amides is 2. The number of aliphatic imine (C=N–C) groups is 1. The van der Waals surface area contributed by atoms with Crippen molar-refractivity contribution in [2.24, 2.45) is 4.99 Å². The molecule has 1 atom stereocenters. The van der Waals surface area contributed by atoms with Crippen molar-refractivity contribution < 1.29 is 27.5 Å². The van der Waals surface area contributed by atoms with E-state index in [4.69, 9.17) is 4.74 Å². The van der Waals surface area contributed by atoms with Crippen LogP contribution in [0.2, 0.25) is 0 Å². The molecule has 3 rings (SSSR count). The number of hydrogen-bond donors (Lipinski definition) is 1. The van der Waals surface area contributed by atoms with E-state index in [1.807, 2.05) is 18.2 Å². The van der Waals surface area contributed by atoms with Crippen molar-refractivity contribution >= 4 is 40.1 Å². The molecule has 1 fully saturated rings. The normalized spacial score (nSPS) is 17.9. The molecule has 1 aliphatic rings. The first-order valence-electron chi connectivity index (χ1n) is 9.36. The number of ether oxygens (including phenoxy) is 1. The van der Waals surface area contributed by atoms with Crippen LogP contribution in [-0.4, -0.2) is 47.4 Å². The zero-order valence-electron chi connectivity index (χ0n) is 16.6. The summed E-state index contributed by atoms with van der Waals surface area (Å²) >= 11 is 1.15. The Morgan fingerprint density at radius 2 is 1.94 bits per heavy atom. The number of anilines is 1. The summed E-state index contributed by atoms with van der Waals surface area (Å²) in [5, 5.41) is 2.15. The lowest BCUT2D eigenvalue weighted by atomic mass is 10.2. The second kappa shape index (κ2) is 9.97. The number of nitrogens with zero attached hydrogens (tertiary/aromatic N) is 2. The van der Waals surface area contributed by atoms with Gasteiger partial charge in [-0.05, 0) is 30.3 Å². The van der Waals surface area contributed by atoms with Gasteiger partial charge in [-0.3, -0.25) is 14.5 Å². The van der Waals surface area contributed by atoms with Gasteiger partial charge in [-0.25, -0.2) is 4.99 Å². The van der Waals surface area contributed by atoms with Crippen molar-refractivity contribution in [1.29, 1.82) is 0 Å². The number of hydrogen-bond acceptors (Lipinski definition) is 5. The maximum Gasteiger partial charge on any atom is 0.416 e. The summed E-state index contributed by atoms with van der Waals surface area (Å²) in [6.07, 6.45) is -4.71. The van der Waals surface area contributed by atoms with Gasteiger partial charge >= 0.3 is 6.18 Å². The average Bonchev–Trinajstić information content (AvgIpc) is 3.00. The molecule has 2 aromatic carbocycles. The van der Waals surface area contributed by atoms with Crippen LogP contribution in [-0.2, 0) is 20.5 Å². The second-order valence-corrected chi connectivity index (χ2v) is 7.82. The van der Waals surface area contributed by atoms with Crippen molar-refractivity contribution in [3.63, 3.8) is 0 Å². The third-order valence-corrected chi connectivity index (χ3v) is 5.54. The molecular weight excluding hydrogens is 431 g/mol. The van der Waals surface area contributed by atoms with Crippen molar-refractivity contribution in [1.82, 2.24) is 4.90 Å². The van der Waals surface area contributed by atoms with Crippen LogP contribution in [0.15, 0.2) is 59.6 Å². The van der Waals surface area contributed by atoms with Crippen LogP contribution < -0.4 is 5.32 Å². The molecule has 2 aromatic rings. The highest BCUT2D eigenvalue weighted by Gasteiger charge is 2.39. The first kappa shape index (κ1) is 22.8. The van der Waals surface area contributed by atoms with Gasteiger partial charge in [-0.15, -0.1) is 0 Å². The van der Waals surface area contributed by atoms with Crippen molar-refractivity contribution in [2.75, 3.05) is 25.6 Å². The average molecular weight is 451 g/mol. The van der Waals surface area contributed by atoms with Crippen LogP contribution in [0.5, 0.6) is 0 Å². The third-order valence-electron chi connectivity index (χ3n) is 4.36. The van der Waals surface area contributed by atoms with Crippen LogP contribution in [0, 0.1) is 0 Å². The number of nitrogens with one attached hydrogen (secondary N) is 1. The molecule has 0 spiro atoms. The molecule has 2 amide bonds. The monoisotopic (exact) mass is 451 g/mol. The fourth-order valence-corrected chi connectivity index (χ4v) is 4.06. The molecule has 10 heteroatoms. The van der Waals surface area contributed by atoms with E-state index in [0.717, 1.165) is 23.9 Å². The number of thioether (sulfide) groups is 1. The van der Waals surface area contributed by atoms with Gasteiger partial charge in [0.15, 0.2) is 5.17 Å². The van der Waals surface area contributed by atoms with Gasteiger partial charge in [-0.2, -0.15) is 13.2 Å². The van der Waals surface area contributed by atoms with Gasteiger partial charge in [-0.1, -0.05) is 36.0 Å². The van der Waals surface area contributed by atoms with E-state index in [9.17, 15) is 22.8 Å². The van der Waals surface area contributed by atoms with Gasteiger partial charge < -0.3 is 10.1 Å². The fraction of sp³-hybridized carbons (Fsp3) is 0.286. The Bertz CT molecular complexity index is 967. The van der Waals surface area contributed by atoms with E-state index in [0.29, 0.717) is 17.5 Å². The zero-order chi connectivity index (χ0) is 22.4. The number of rotatable bonds is 7. The second-order valence-electron chi connectivity index (χ2n) is 6.65. The molecule has 0 aromatic heterocycles. The summed E-state index contributed by atoms with van der Waals surface area (Å²) in [5.41, 5.74) is -0.182. The highest BCUT2D eigenvalue weighted by molar-refractivity contribution is 8.15. The van der Waals surface area contributed by atoms with Gasteiger partial charge in [0.05, 0.1) is 24.4 Å². The SMILES string of the molecule is COCCN1C(=O)C(CC(=O)Nc2cccc(C(F)(F)F)c2)SC1=Nc1ccccc1. The van der Waals surface area contributed by atoms with Crippen molar-refractivity contribution in [3.8, 4) is 0 Å². The van der Waals surface area contributed by atoms with Crippen LogP contribution in [0.1, 0.15) is 12.0 Å². The summed E-state index contributed by atoms with van der Waals surface area (Å²) in [6.45, 7) is 0.572. The smallest absolute Gasteiger partial charge is 0.383 e. The number of methoxy groups -OCH3 is 1. The molecule has 164 valence electrons. The van der Waals surface area contributed by atoms with E-state index in [1.54, 1.807) is 12.1 Å². The van der Waals surface area contributed by atoms with Crippen LogP contribution >= 0.6 is 11.8 Å². The first-order chi connectivity index (χ1) is 14.8. The van der Waals surface area contributed by atoms with Gasteiger partial charge in [0, 0.05) is 19.2 Å². The standard InChI is InChI=1S/C21H20F3N3O3S/c1-30-11-10-27-19(29)17(31-20(27)26-15-7-3-2-4-8-15)13-18(28)25-16-9-5-6-14(12-16)21(22,23)24/h2-9,12,17H,10-11,13H2,1H3,(H,25,28). The summed E-state index contributed by atoms with van der Waals surface area (Å²) < 4.78 is 43.6. The molecular formula is C21H20F3N3O3S. The lowest BCUT2D eigenvalue weighted by Gasteiger charge is -2.15. The van der Waals surface area contributed by atoms with Crippen molar-refractivity contribution in [2.45, 2.75) is 17.8 Å². The van der Waals surface area contributed by atoms with E-state index in [1.165, 1.54) is 24.1 Å². The lowest BCUT2D eigenvalue weighted by molar-refractivity contribution is -0.137. The summed E-state index contributed by atoms with van der Waals surface area (Å²) in [7, 11) is 1.52. The molecule has 0 saturated carbocycles. The van der Waals surface area contributed by atoms with Gasteiger partial charge in [0.25, 0.3) is 0 Å². The van der Waals surface area contributed by atoms with Crippen LogP contribution in [0.3, 0.4) is 0 Å². The quantitative estimate of drug-likeness (QED) is 0.681. The molecule has 1 heterocycles. The molecule has 1 aliphatic heterocycles. The number of carbonyl (C=O) groups is 2. The van der Waals surface area contributed by atoms with E-state index < -0.39 is 22.9 Å². The largest absolute Gasteiger partial charge is 0.416 e. The van der Waals surface area contributed by atoms with E-state index in [2.05, 4.69) is 10.3 Å². The molecule has 1 unspecified atom stereocenters. The topological polar surface area (TPSA) is 71.0 Å². The maximum atomic E-state index is 12.9. The lowest BCUT2D eigenvalue weighted by Crippen LogP contribution is -2.35. The molecule has 0 bridgehead atoms. The summed E-state index contributed by atoms with van der Waals surface area (Å²) in [5.74, 6) is -0.853. The maximum absolute atomic E-state index is 12.9. The number of para-hydroxylation sites is 1. The fourth-order valence-electron chi connectivity index (χ4n) is 2.88. The Labute approximate surface area is 181 Å². The first-order valence-corrected chi connectivity index (χ1v) is 10.2. The Morgan fingerprint density at radius 3 is 2.61 bits per heavy atom. The highest BCUT2D eigenvalue weighted by Crippen LogP contribution is 2.33. The number of benzene rings is 2. The Morgan fingerprint density at radius 1 is 1.19 bits per heavy atom. The highest BCUT2D eigenvalue weighted by atomic mass is 32.2. The third kappa shape index (κ3) is 6.08. The summed E-state index contributed by atoms with van der Waals surface area (Å²) in [4.78, 5) is 31.2. The minimum Gasteiger partial charge on any atom is -0.383 e. The molecule has 1 N–H and O–H groups in total. The van der Waals surface area contributed by atoms with E-state index >= 15 is 0 Å². The zero-order valence-corrected chi connectivity index (χ0v) is 17.4.